The molecular weight excluding hydrogens is 307 g/mol. The topological polar surface area (TPSA) is 62.8 Å². The first-order valence-electron chi connectivity index (χ1n) is 7.32. The van der Waals surface area contributed by atoms with Crippen LogP contribution in [0.1, 0.15) is 43.3 Å². The van der Waals surface area contributed by atoms with Crippen LogP contribution in [0.25, 0.3) is 0 Å². The first-order valence-corrected chi connectivity index (χ1v) is 7.70. The van der Waals surface area contributed by atoms with Crippen LogP contribution in [0.2, 0.25) is 5.02 Å². The van der Waals surface area contributed by atoms with Gasteiger partial charge in [0.2, 0.25) is 0 Å². The van der Waals surface area contributed by atoms with Gasteiger partial charge in [0.25, 0.3) is 0 Å². The van der Waals surface area contributed by atoms with Gasteiger partial charge in [-0.1, -0.05) is 17.7 Å². The number of ether oxygens (including phenoxy) is 1. The fraction of sp³-hybridized carbons (Fsp3) is 0.467. The van der Waals surface area contributed by atoms with Crippen molar-refractivity contribution < 1.29 is 9.13 Å². The van der Waals surface area contributed by atoms with E-state index >= 15 is 0 Å². The highest BCUT2D eigenvalue weighted by molar-refractivity contribution is 6.31. The van der Waals surface area contributed by atoms with Gasteiger partial charge >= 0.3 is 0 Å². The smallest absolute Gasteiger partial charge is 0.153 e. The molecule has 118 valence electrons. The Morgan fingerprint density at radius 1 is 1.50 bits per heavy atom. The van der Waals surface area contributed by atoms with E-state index in [4.69, 9.17) is 16.3 Å². The molecule has 1 aliphatic rings. The average molecular weight is 325 g/mol. The summed E-state index contributed by atoms with van der Waals surface area (Å²) >= 11 is 6.08. The molecule has 0 spiro atoms. The Hall–Kier alpha value is -1.50. The number of hydrogen-bond donors (Lipinski definition) is 2. The third-order valence-corrected chi connectivity index (χ3v) is 4.25. The van der Waals surface area contributed by atoms with Gasteiger partial charge in [-0.2, -0.15) is 5.10 Å². The maximum absolute atomic E-state index is 13.1. The molecule has 0 amide bonds. The van der Waals surface area contributed by atoms with Gasteiger partial charge < -0.3 is 10.1 Å². The lowest BCUT2D eigenvalue weighted by Gasteiger charge is -2.19. The van der Waals surface area contributed by atoms with Gasteiger partial charge in [0.15, 0.2) is 5.82 Å². The number of nitrogens with one attached hydrogen (secondary N) is 2. The maximum Gasteiger partial charge on any atom is 0.153 e. The van der Waals surface area contributed by atoms with E-state index in [1.165, 1.54) is 18.5 Å². The van der Waals surface area contributed by atoms with Crippen molar-refractivity contribution in [3.05, 3.63) is 46.8 Å². The van der Waals surface area contributed by atoms with Gasteiger partial charge in [-0.3, -0.25) is 5.10 Å². The van der Waals surface area contributed by atoms with Crippen molar-refractivity contribution in [2.45, 2.75) is 38.0 Å². The molecule has 2 heterocycles. The molecule has 0 aliphatic carbocycles. The Balaban J connectivity index is 1.52. The largest absolute Gasteiger partial charge is 0.366 e. The van der Waals surface area contributed by atoms with Crippen LogP contribution in [0.3, 0.4) is 0 Å². The molecule has 3 atom stereocenters. The summed E-state index contributed by atoms with van der Waals surface area (Å²) < 4.78 is 19.0. The van der Waals surface area contributed by atoms with Gasteiger partial charge in [-0.15, -0.1) is 0 Å². The molecule has 1 aromatic carbocycles. The lowest BCUT2D eigenvalue weighted by atomic mass is 10.1. The molecule has 1 aliphatic heterocycles. The lowest BCUT2D eigenvalue weighted by Crippen LogP contribution is -2.29. The number of benzene rings is 1. The summed E-state index contributed by atoms with van der Waals surface area (Å²) in [4.78, 5) is 4.13. The lowest BCUT2D eigenvalue weighted by molar-refractivity contribution is 0.0390. The van der Waals surface area contributed by atoms with Crippen molar-refractivity contribution in [3.63, 3.8) is 0 Å². The molecule has 2 aromatic rings. The summed E-state index contributed by atoms with van der Waals surface area (Å²) in [5.41, 5.74) is 0.882. The van der Waals surface area contributed by atoms with Crippen LogP contribution in [-0.4, -0.2) is 27.8 Å². The van der Waals surface area contributed by atoms with Crippen molar-refractivity contribution in [1.29, 1.82) is 0 Å². The quantitative estimate of drug-likeness (QED) is 0.886. The van der Waals surface area contributed by atoms with E-state index in [0.717, 1.165) is 24.2 Å². The minimum atomic E-state index is -0.324. The second kappa shape index (κ2) is 6.73. The van der Waals surface area contributed by atoms with Crippen LogP contribution < -0.4 is 5.32 Å². The third kappa shape index (κ3) is 3.45. The number of nitrogens with zero attached hydrogens (tertiary/aromatic N) is 2. The van der Waals surface area contributed by atoms with Crippen molar-refractivity contribution in [2.24, 2.45) is 0 Å². The van der Waals surface area contributed by atoms with Gasteiger partial charge in [0.05, 0.1) is 6.10 Å². The Labute approximate surface area is 133 Å². The van der Waals surface area contributed by atoms with E-state index in [0.29, 0.717) is 11.6 Å². The SMILES string of the molecule is CC(NC[C@H]1CC[C@@H](c2ncn[nH]2)O1)c1ccc(F)cc1Cl. The van der Waals surface area contributed by atoms with E-state index < -0.39 is 0 Å². The number of aromatic amines is 1. The number of H-pyrrole nitrogens is 1. The number of aromatic nitrogens is 3. The predicted octanol–water partition coefficient (Wildman–Crippen LogP) is 3.17. The zero-order chi connectivity index (χ0) is 15.5. The van der Waals surface area contributed by atoms with Gasteiger partial charge in [-0.05, 0) is 37.5 Å². The van der Waals surface area contributed by atoms with E-state index in [1.54, 1.807) is 6.07 Å². The minimum Gasteiger partial charge on any atom is -0.366 e. The summed E-state index contributed by atoms with van der Waals surface area (Å²) in [5.74, 6) is 0.451. The van der Waals surface area contributed by atoms with E-state index in [1.807, 2.05) is 6.92 Å². The highest BCUT2D eigenvalue weighted by Crippen LogP contribution is 2.30. The van der Waals surface area contributed by atoms with Crippen LogP contribution in [0, 0.1) is 5.82 Å². The molecule has 0 saturated carbocycles. The molecule has 5 nitrogen and oxygen atoms in total. The summed E-state index contributed by atoms with van der Waals surface area (Å²) in [6.45, 7) is 2.71. The van der Waals surface area contributed by atoms with E-state index in [-0.39, 0.29) is 24.1 Å². The summed E-state index contributed by atoms with van der Waals surface area (Å²) in [6.07, 6.45) is 3.48. The molecule has 0 radical (unpaired) electrons. The van der Waals surface area contributed by atoms with Crippen LogP contribution in [0.15, 0.2) is 24.5 Å². The molecule has 1 aromatic heterocycles. The zero-order valence-corrected chi connectivity index (χ0v) is 13.0. The van der Waals surface area contributed by atoms with Gasteiger partial charge in [0.1, 0.15) is 18.2 Å². The summed E-state index contributed by atoms with van der Waals surface area (Å²) in [7, 11) is 0. The second-order valence-corrected chi connectivity index (χ2v) is 5.90. The van der Waals surface area contributed by atoms with Crippen molar-refractivity contribution in [3.8, 4) is 0 Å². The van der Waals surface area contributed by atoms with Crippen LogP contribution in [-0.2, 0) is 4.74 Å². The molecule has 1 unspecified atom stereocenters. The average Bonchev–Trinajstić information content (AvgIpc) is 3.16. The first-order chi connectivity index (χ1) is 10.6. The van der Waals surface area contributed by atoms with Crippen molar-refractivity contribution in [1.82, 2.24) is 20.5 Å². The summed E-state index contributed by atoms with van der Waals surface area (Å²) in [5, 5.41) is 10.5. The van der Waals surface area contributed by atoms with Crippen LogP contribution in [0.4, 0.5) is 4.39 Å². The minimum absolute atomic E-state index is 0.0148. The Bertz CT molecular complexity index is 622. The number of hydrogen-bond acceptors (Lipinski definition) is 4. The monoisotopic (exact) mass is 324 g/mol. The van der Waals surface area contributed by atoms with Crippen LogP contribution in [0.5, 0.6) is 0 Å². The first kappa shape index (κ1) is 15.4. The molecule has 3 rings (SSSR count). The molecule has 1 saturated heterocycles. The van der Waals surface area contributed by atoms with Crippen LogP contribution >= 0.6 is 11.6 Å². The maximum atomic E-state index is 13.1. The Morgan fingerprint density at radius 3 is 3.09 bits per heavy atom. The molecular formula is C15H18ClFN4O. The number of halogens is 2. The predicted molar refractivity (Wildman–Crippen MR) is 81.1 cm³/mol. The molecule has 0 bridgehead atoms. The molecule has 1 fully saturated rings. The fourth-order valence-corrected chi connectivity index (χ4v) is 3.03. The van der Waals surface area contributed by atoms with Gasteiger partial charge in [-0.25, -0.2) is 9.37 Å². The normalized spacial score (nSPS) is 22.9. The number of rotatable bonds is 5. The van der Waals surface area contributed by atoms with Crippen molar-refractivity contribution in [2.75, 3.05) is 6.54 Å². The Kier molecular flexibility index (Phi) is 4.71. The fourth-order valence-electron chi connectivity index (χ4n) is 2.70. The molecule has 7 heteroatoms. The Morgan fingerprint density at radius 2 is 2.36 bits per heavy atom. The third-order valence-electron chi connectivity index (χ3n) is 3.93. The molecule has 22 heavy (non-hydrogen) atoms. The standard InChI is InChI=1S/C15H18ClFN4O/c1-9(12-4-2-10(17)6-13(12)16)18-7-11-3-5-14(22-11)15-19-8-20-21-15/h2,4,6,8-9,11,14,18H,3,5,7H2,1H3,(H,19,20,21)/t9?,11-,14+/m1/s1. The zero-order valence-electron chi connectivity index (χ0n) is 12.2. The van der Waals surface area contributed by atoms with Crippen molar-refractivity contribution >= 4 is 11.6 Å². The highest BCUT2D eigenvalue weighted by atomic mass is 35.5. The van der Waals surface area contributed by atoms with Gasteiger partial charge in [0, 0.05) is 17.6 Å². The second-order valence-electron chi connectivity index (χ2n) is 5.49. The summed E-state index contributed by atoms with van der Waals surface area (Å²) in [6, 6.07) is 4.50. The van der Waals surface area contributed by atoms with E-state index in [9.17, 15) is 4.39 Å². The van der Waals surface area contributed by atoms with E-state index in [2.05, 4.69) is 20.5 Å². The highest BCUT2D eigenvalue weighted by Gasteiger charge is 2.28. The molecule has 2 N–H and O–H groups in total.